The highest BCUT2D eigenvalue weighted by atomic mass is 16.2. The number of pyridine rings is 1. The van der Waals surface area contributed by atoms with Crippen molar-refractivity contribution in [1.82, 2.24) is 14.5 Å². The fraction of sp³-hybridized carbons (Fsp3) is 0.316. The maximum absolute atomic E-state index is 12.8. The molecule has 3 aromatic rings. The summed E-state index contributed by atoms with van der Waals surface area (Å²) in [6.45, 7) is 3.18. The lowest BCUT2D eigenvalue weighted by Crippen LogP contribution is -2.26. The SMILES string of the molecule is CC1CCn2cc(C(=O)N(C)c3ccc4ncccc4c3)nc2C1. The average molecular weight is 320 g/mol. The van der Waals surface area contributed by atoms with Gasteiger partial charge in [-0.05, 0) is 36.6 Å². The summed E-state index contributed by atoms with van der Waals surface area (Å²) in [5.74, 6) is 1.58. The zero-order valence-corrected chi connectivity index (χ0v) is 13.9. The van der Waals surface area contributed by atoms with Crippen molar-refractivity contribution in [3.8, 4) is 0 Å². The van der Waals surface area contributed by atoms with Crippen molar-refractivity contribution in [2.75, 3.05) is 11.9 Å². The Morgan fingerprint density at radius 1 is 1.33 bits per heavy atom. The van der Waals surface area contributed by atoms with Crippen LogP contribution in [0.1, 0.15) is 29.7 Å². The topological polar surface area (TPSA) is 51.0 Å². The molecule has 3 heterocycles. The highest BCUT2D eigenvalue weighted by Gasteiger charge is 2.22. The van der Waals surface area contributed by atoms with E-state index in [9.17, 15) is 4.79 Å². The first kappa shape index (κ1) is 14.9. The fourth-order valence-corrected chi connectivity index (χ4v) is 3.25. The molecule has 2 aromatic heterocycles. The molecule has 0 bridgehead atoms. The van der Waals surface area contributed by atoms with Crippen molar-refractivity contribution >= 4 is 22.5 Å². The standard InChI is InChI=1S/C19H20N4O/c1-13-7-9-23-12-17(21-18(23)10-13)19(24)22(2)15-5-6-16-14(11-15)4-3-8-20-16/h3-6,8,11-13H,7,9-10H2,1-2H3. The van der Waals surface area contributed by atoms with E-state index >= 15 is 0 Å². The maximum Gasteiger partial charge on any atom is 0.278 e. The lowest BCUT2D eigenvalue weighted by Gasteiger charge is -2.18. The first-order valence-electron chi connectivity index (χ1n) is 8.31. The number of amides is 1. The van der Waals surface area contributed by atoms with Crippen LogP contribution in [0.3, 0.4) is 0 Å². The highest BCUT2D eigenvalue weighted by Crippen LogP contribution is 2.23. The van der Waals surface area contributed by atoms with E-state index in [-0.39, 0.29) is 5.91 Å². The van der Waals surface area contributed by atoms with E-state index in [2.05, 4.69) is 21.5 Å². The Labute approximate surface area is 140 Å². The summed E-state index contributed by atoms with van der Waals surface area (Å²) in [4.78, 5) is 23.4. The smallest absolute Gasteiger partial charge is 0.278 e. The molecule has 0 aliphatic carbocycles. The van der Waals surface area contributed by atoms with Crippen LogP contribution in [0.25, 0.3) is 10.9 Å². The minimum atomic E-state index is -0.0761. The van der Waals surface area contributed by atoms with Gasteiger partial charge in [-0.1, -0.05) is 13.0 Å². The van der Waals surface area contributed by atoms with Gasteiger partial charge in [0.05, 0.1) is 5.52 Å². The number of benzene rings is 1. The summed E-state index contributed by atoms with van der Waals surface area (Å²) in [5, 5.41) is 1.02. The largest absolute Gasteiger partial charge is 0.334 e. The molecule has 0 spiro atoms. The van der Waals surface area contributed by atoms with Crippen LogP contribution in [0, 0.1) is 5.92 Å². The fourth-order valence-electron chi connectivity index (χ4n) is 3.25. The van der Waals surface area contributed by atoms with Crippen LogP contribution in [-0.2, 0) is 13.0 Å². The summed E-state index contributed by atoms with van der Waals surface area (Å²) in [5.41, 5.74) is 2.29. The summed E-state index contributed by atoms with van der Waals surface area (Å²) in [6.07, 6.45) is 5.75. The van der Waals surface area contributed by atoms with Crippen molar-refractivity contribution < 1.29 is 4.79 Å². The molecule has 0 fully saturated rings. The number of carbonyl (C=O) groups excluding carboxylic acids is 1. The summed E-state index contributed by atoms with van der Waals surface area (Å²) < 4.78 is 2.12. The minimum Gasteiger partial charge on any atom is -0.334 e. The summed E-state index contributed by atoms with van der Waals surface area (Å²) in [7, 11) is 1.79. The van der Waals surface area contributed by atoms with Crippen molar-refractivity contribution in [1.29, 1.82) is 0 Å². The van der Waals surface area contributed by atoms with Gasteiger partial charge in [-0.2, -0.15) is 0 Å². The highest BCUT2D eigenvalue weighted by molar-refractivity contribution is 6.05. The third-order valence-electron chi connectivity index (χ3n) is 4.75. The van der Waals surface area contributed by atoms with E-state index in [1.807, 2.05) is 36.5 Å². The van der Waals surface area contributed by atoms with Gasteiger partial charge in [-0.3, -0.25) is 9.78 Å². The van der Waals surface area contributed by atoms with Gasteiger partial charge in [0, 0.05) is 43.5 Å². The molecule has 5 nitrogen and oxygen atoms in total. The van der Waals surface area contributed by atoms with Crippen molar-refractivity contribution in [2.24, 2.45) is 5.92 Å². The van der Waals surface area contributed by atoms with Crippen LogP contribution in [0.15, 0.2) is 42.7 Å². The Kier molecular flexibility index (Phi) is 3.56. The number of fused-ring (bicyclic) bond motifs is 2. The van der Waals surface area contributed by atoms with Crippen LogP contribution < -0.4 is 4.90 Å². The number of nitrogens with zero attached hydrogens (tertiary/aromatic N) is 4. The van der Waals surface area contributed by atoms with E-state index in [0.29, 0.717) is 11.6 Å². The van der Waals surface area contributed by atoms with Crippen molar-refractivity contribution in [3.63, 3.8) is 0 Å². The van der Waals surface area contributed by atoms with E-state index in [1.54, 1.807) is 18.1 Å². The van der Waals surface area contributed by atoms with Crippen LogP contribution in [0.2, 0.25) is 0 Å². The Hall–Kier alpha value is -2.69. The molecule has 0 radical (unpaired) electrons. The minimum absolute atomic E-state index is 0.0761. The third kappa shape index (κ3) is 2.56. The molecule has 1 aromatic carbocycles. The van der Waals surface area contributed by atoms with Gasteiger partial charge in [0.1, 0.15) is 11.5 Å². The first-order valence-corrected chi connectivity index (χ1v) is 8.31. The number of hydrogen-bond donors (Lipinski definition) is 0. The van der Waals surface area contributed by atoms with Gasteiger partial charge >= 0.3 is 0 Å². The molecule has 4 rings (SSSR count). The van der Waals surface area contributed by atoms with E-state index in [4.69, 9.17) is 0 Å². The quantitative estimate of drug-likeness (QED) is 0.728. The predicted molar refractivity (Wildman–Crippen MR) is 94.2 cm³/mol. The van der Waals surface area contributed by atoms with Gasteiger partial charge in [-0.25, -0.2) is 4.98 Å². The van der Waals surface area contributed by atoms with E-state index in [1.165, 1.54) is 0 Å². The summed E-state index contributed by atoms with van der Waals surface area (Å²) in [6, 6.07) is 9.75. The van der Waals surface area contributed by atoms with Crippen LogP contribution in [-0.4, -0.2) is 27.5 Å². The Balaban J connectivity index is 1.63. The molecule has 0 N–H and O–H groups in total. The Bertz CT molecular complexity index is 915. The Morgan fingerprint density at radius 3 is 3.08 bits per heavy atom. The molecule has 1 aliphatic heterocycles. The predicted octanol–water partition coefficient (Wildman–Crippen LogP) is 3.29. The molecule has 0 saturated heterocycles. The normalized spacial score (nSPS) is 16.8. The number of aromatic nitrogens is 3. The van der Waals surface area contributed by atoms with Crippen LogP contribution >= 0.6 is 0 Å². The average Bonchev–Trinajstić information content (AvgIpc) is 3.03. The molecule has 1 amide bonds. The molecular weight excluding hydrogens is 300 g/mol. The third-order valence-corrected chi connectivity index (χ3v) is 4.75. The Morgan fingerprint density at radius 2 is 2.21 bits per heavy atom. The number of imidazole rings is 1. The zero-order valence-electron chi connectivity index (χ0n) is 13.9. The van der Waals surface area contributed by atoms with Crippen molar-refractivity contribution in [2.45, 2.75) is 26.3 Å². The van der Waals surface area contributed by atoms with Gasteiger partial charge in [0.2, 0.25) is 0 Å². The molecule has 24 heavy (non-hydrogen) atoms. The number of hydrogen-bond acceptors (Lipinski definition) is 3. The molecule has 1 aliphatic rings. The van der Waals surface area contributed by atoms with Gasteiger partial charge in [0.25, 0.3) is 5.91 Å². The van der Waals surface area contributed by atoms with Crippen LogP contribution in [0.5, 0.6) is 0 Å². The number of carbonyl (C=O) groups is 1. The van der Waals surface area contributed by atoms with E-state index in [0.717, 1.165) is 41.8 Å². The molecule has 122 valence electrons. The molecule has 0 saturated carbocycles. The second-order valence-corrected chi connectivity index (χ2v) is 6.58. The van der Waals surface area contributed by atoms with Crippen molar-refractivity contribution in [3.05, 3.63) is 54.2 Å². The zero-order chi connectivity index (χ0) is 16.7. The van der Waals surface area contributed by atoms with E-state index < -0.39 is 0 Å². The number of anilines is 1. The van der Waals surface area contributed by atoms with Crippen LogP contribution in [0.4, 0.5) is 5.69 Å². The van der Waals surface area contributed by atoms with Gasteiger partial charge in [0.15, 0.2) is 0 Å². The molecule has 1 unspecified atom stereocenters. The molecular formula is C19H20N4O. The lowest BCUT2D eigenvalue weighted by atomic mass is 10.0. The monoisotopic (exact) mass is 320 g/mol. The maximum atomic E-state index is 12.8. The second-order valence-electron chi connectivity index (χ2n) is 6.58. The lowest BCUT2D eigenvalue weighted by molar-refractivity contribution is 0.0988. The molecule has 5 heteroatoms. The number of aryl methyl sites for hydroxylation is 1. The molecule has 1 atom stereocenters. The first-order chi connectivity index (χ1) is 11.6. The van der Waals surface area contributed by atoms with Gasteiger partial charge in [-0.15, -0.1) is 0 Å². The second kappa shape index (κ2) is 5.74. The summed E-state index contributed by atoms with van der Waals surface area (Å²) >= 11 is 0. The van der Waals surface area contributed by atoms with Gasteiger partial charge < -0.3 is 9.47 Å². The number of rotatable bonds is 2.